The van der Waals surface area contributed by atoms with Crippen LogP contribution in [-0.2, 0) is 28.6 Å². The van der Waals surface area contributed by atoms with Crippen molar-refractivity contribution in [3.8, 4) is 0 Å². The first-order chi connectivity index (χ1) is 41.0. The summed E-state index contributed by atoms with van der Waals surface area (Å²) in [6.07, 6.45) is 93.8. The van der Waals surface area contributed by atoms with Crippen LogP contribution in [0, 0.1) is 0 Å². The molecule has 0 aliphatic rings. The molecule has 1 unspecified atom stereocenters. The molecule has 0 spiro atoms. The van der Waals surface area contributed by atoms with E-state index in [4.69, 9.17) is 14.2 Å². The smallest absolute Gasteiger partial charge is 0.306 e. The minimum absolute atomic E-state index is 0.0825. The molecule has 482 valence electrons. The van der Waals surface area contributed by atoms with Crippen molar-refractivity contribution in [2.24, 2.45) is 0 Å². The highest BCUT2D eigenvalue weighted by atomic mass is 16.6. The summed E-state index contributed by atoms with van der Waals surface area (Å²) in [5, 5.41) is 0. The maximum atomic E-state index is 13.0. The Labute approximate surface area is 516 Å². The van der Waals surface area contributed by atoms with Crippen LogP contribution in [0.2, 0.25) is 0 Å². The zero-order chi connectivity index (χ0) is 59.9. The predicted molar refractivity (Wildman–Crippen MR) is 362 cm³/mol. The molecule has 0 rings (SSSR count). The van der Waals surface area contributed by atoms with Gasteiger partial charge in [0.2, 0.25) is 0 Å². The molecule has 83 heavy (non-hydrogen) atoms. The van der Waals surface area contributed by atoms with Crippen LogP contribution in [0.15, 0.2) is 72.9 Å². The number of esters is 3. The van der Waals surface area contributed by atoms with Crippen molar-refractivity contribution in [3.63, 3.8) is 0 Å². The van der Waals surface area contributed by atoms with Gasteiger partial charge >= 0.3 is 17.9 Å². The molecular formula is C77H138O6. The van der Waals surface area contributed by atoms with Crippen molar-refractivity contribution >= 4 is 17.9 Å². The average Bonchev–Trinajstić information content (AvgIpc) is 3.49. The molecule has 1 atom stereocenters. The number of hydrogen-bond donors (Lipinski definition) is 0. The topological polar surface area (TPSA) is 78.9 Å². The summed E-state index contributed by atoms with van der Waals surface area (Å²) in [6, 6.07) is 0. The van der Waals surface area contributed by atoms with Gasteiger partial charge in [0.05, 0.1) is 0 Å². The summed E-state index contributed by atoms with van der Waals surface area (Å²) in [5.41, 5.74) is 0. The molecule has 0 saturated carbocycles. The molecule has 0 aromatic carbocycles. The Morgan fingerprint density at radius 3 is 0.759 bits per heavy atom. The predicted octanol–water partition coefficient (Wildman–Crippen LogP) is 25.2. The summed E-state index contributed by atoms with van der Waals surface area (Å²) in [7, 11) is 0. The lowest BCUT2D eigenvalue weighted by molar-refractivity contribution is -0.167. The quantitative estimate of drug-likeness (QED) is 0.0261. The van der Waals surface area contributed by atoms with E-state index in [-0.39, 0.29) is 31.1 Å². The normalized spacial score (nSPS) is 12.5. The van der Waals surface area contributed by atoms with Crippen molar-refractivity contribution in [2.75, 3.05) is 13.2 Å². The van der Waals surface area contributed by atoms with E-state index in [1.165, 1.54) is 250 Å². The third kappa shape index (κ3) is 69.5. The van der Waals surface area contributed by atoms with E-state index >= 15 is 0 Å². The van der Waals surface area contributed by atoms with Gasteiger partial charge in [-0.1, -0.05) is 325 Å². The third-order valence-electron chi connectivity index (χ3n) is 16.2. The number of carbonyl (C=O) groups excluding carboxylic acids is 3. The van der Waals surface area contributed by atoms with E-state index in [2.05, 4.69) is 93.7 Å². The Bertz CT molecular complexity index is 1520. The minimum atomic E-state index is -0.789. The van der Waals surface area contributed by atoms with Crippen LogP contribution >= 0.6 is 0 Å². The fourth-order valence-corrected chi connectivity index (χ4v) is 10.7. The lowest BCUT2D eigenvalue weighted by atomic mass is 10.0. The Kier molecular flexibility index (Phi) is 68.6. The lowest BCUT2D eigenvalue weighted by Gasteiger charge is -2.18. The number of allylic oxidation sites excluding steroid dienone is 12. The van der Waals surface area contributed by atoms with Crippen LogP contribution in [0.3, 0.4) is 0 Å². The second kappa shape index (κ2) is 71.3. The number of hydrogen-bond acceptors (Lipinski definition) is 6. The first kappa shape index (κ1) is 79.8. The second-order valence-electron chi connectivity index (χ2n) is 24.5. The van der Waals surface area contributed by atoms with Crippen LogP contribution in [0.5, 0.6) is 0 Å². The first-order valence-electron chi connectivity index (χ1n) is 36.4. The zero-order valence-corrected chi connectivity index (χ0v) is 55.5. The maximum Gasteiger partial charge on any atom is 0.306 e. The fraction of sp³-hybridized carbons (Fsp3) is 0.805. The Morgan fingerprint density at radius 2 is 0.470 bits per heavy atom. The van der Waals surface area contributed by atoms with Crippen molar-refractivity contribution in [3.05, 3.63) is 72.9 Å². The van der Waals surface area contributed by atoms with Crippen molar-refractivity contribution in [1.29, 1.82) is 0 Å². The van der Waals surface area contributed by atoms with Gasteiger partial charge in [0.25, 0.3) is 0 Å². The molecule has 0 amide bonds. The molecule has 0 aliphatic carbocycles. The highest BCUT2D eigenvalue weighted by Gasteiger charge is 2.19. The molecule has 0 saturated heterocycles. The number of unbranched alkanes of at least 4 members (excludes halogenated alkanes) is 44. The molecule has 0 heterocycles. The fourth-order valence-electron chi connectivity index (χ4n) is 10.7. The molecule has 0 aromatic rings. The van der Waals surface area contributed by atoms with Gasteiger partial charge in [0.15, 0.2) is 6.10 Å². The summed E-state index contributed by atoms with van der Waals surface area (Å²) in [6.45, 7) is 6.54. The van der Waals surface area contributed by atoms with Gasteiger partial charge in [-0.25, -0.2) is 0 Å². The Balaban J connectivity index is 4.22. The standard InChI is InChI=1S/C77H138O6/c1-4-7-10-13-16-19-22-25-27-29-31-33-35-36-37-38-39-40-42-43-45-47-49-52-55-58-61-64-67-70-76(79)82-73-74(72-81-75(78)69-66-63-60-57-54-51-24-21-18-15-12-9-6-3)83-77(80)71-68-65-62-59-56-53-50-48-46-44-41-34-32-30-28-26-23-20-17-14-11-8-5-2/h9,12,18,21,23,26,29-32,51,54,74H,4-8,10-11,13-17,19-20,22,24-25,27-28,33-50,52-53,55-73H2,1-3H3/b12-9-,21-18-,26-23-,31-29-,32-30-,54-51-. The van der Waals surface area contributed by atoms with E-state index in [9.17, 15) is 14.4 Å². The monoisotopic (exact) mass is 1160 g/mol. The van der Waals surface area contributed by atoms with Crippen LogP contribution in [0.25, 0.3) is 0 Å². The largest absolute Gasteiger partial charge is 0.462 e. The number of rotatable bonds is 67. The molecule has 6 nitrogen and oxygen atoms in total. The summed E-state index contributed by atoms with van der Waals surface area (Å²) in [5.74, 6) is -0.895. The van der Waals surface area contributed by atoms with E-state index < -0.39 is 6.10 Å². The number of carbonyl (C=O) groups is 3. The second-order valence-corrected chi connectivity index (χ2v) is 24.5. The average molecular weight is 1160 g/mol. The molecule has 0 bridgehead atoms. The molecule has 0 aromatic heterocycles. The number of ether oxygens (including phenoxy) is 3. The van der Waals surface area contributed by atoms with Crippen molar-refractivity contribution < 1.29 is 28.6 Å². The van der Waals surface area contributed by atoms with Crippen LogP contribution in [-0.4, -0.2) is 37.2 Å². The maximum absolute atomic E-state index is 13.0. The van der Waals surface area contributed by atoms with E-state index in [1.807, 2.05) is 0 Å². The Morgan fingerprint density at radius 1 is 0.253 bits per heavy atom. The molecular weight excluding hydrogens is 1020 g/mol. The van der Waals surface area contributed by atoms with E-state index in [1.54, 1.807) is 0 Å². The van der Waals surface area contributed by atoms with E-state index in [0.29, 0.717) is 19.3 Å². The van der Waals surface area contributed by atoms with Crippen molar-refractivity contribution in [1.82, 2.24) is 0 Å². The van der Waals surface area contributed by atoms with Gasteiger partial charge in [0, 0.05) is 19.3 Å². The van der Waals surface area contributed by atoms with Gasteiger partial charge < -0.3 is 14.2 Å². The van der Waals surface area contributed by atoms with Crippen molar-refractivity contribution in [2.45, 2.75) is 386 Å². The molecule has 0 N–H and O–H groups in total. The molecule has 0 radical (unpaired) electrons. The molecule has 6 heteroatoms. The van der Waals surface area contributed by atoms with Gasteiger partial charge in [-0.2, -0.15) is 0 Å². The minimum Gasteiger partial charge on any atom is -0.462 e. The Hall–Kier alpha value is -3.15. The van der Waals surface area contributed by atoms with E-state index in [0.717, 1.165) is 89.9 Å². The third-order valence-corrected chi connectivity index (χ3v) is 16.2. The van der Waals surface area contributed by atoms with Gasteiger partial charge in [0.1, 0.15) is 13.2 Å². The van der Waals surface area contributed by atoms with Crippen LogP contribution in [0.4, 0.5) is 0 Å². The van der Waals surface area contributed by atoms with Gasteiger partial charge in [-0.15, -0.1) is 0 Å². The van der Waals surface area contributed by atoms with Crippen LogP contribution < -0.4 is 0 Å². The lowest BCUT2D eigenvalue weighted by Crippen LogP contribution is -2.30. The summed E-state index contributed by atoms with van der Waals surface area (Å²) < 4.78 is 17.0. The highest BCUT2D eigenvalue weighted by molar-refractivity contribution is 5.71. The first-order valence-corrected chi connectivity index (χ1v) is 36.4. The summed E-state index contributed by atoms with van der Waals surface area (Å²) in [4.78, 5) is 38.4. The van der Waals surface area contributed by atoms with Gasteiger partial charge in [-0.05, 0) is 109 Å². The summed E-state index contributed by atoms with van der Waals surface area (Å²) >= 11 is 0. The molecule has 0 aliphatic heterocycles. The van der Waals surface area contributed by atoms with Gasteiger partial charge in [-0.3, -0.25) is 14.4 Å². The zero-order valence-electron chi connectivity index (χ0n) is 55.5. The highest BCUT2D eigenvalue weighted by Crippen LogP contribution is 2.18. The van der Waals surface area contributed by atoms with Crippen LogP contribution in [0.1, 0.15) is 380 Å². The molecule has 0 fully saturated rings. The SMILES string of the molecule is CC/C=C\C/C=C\C/C=C\CCCCCC(=O)OCC(COC(=O)CCCCCCCCCCCCCCCCCCC/C=C\CCCCCCCCCC)OC(=O)CCCCCCCCCCCCC/C=C\C/C=C\CCCCCCC.